The molecule has 2 aliphatic rings. The molecule has 204 valence electrons. The van der Waals surface area contributed by atoms with E-state index in [0.717, 1.165) is 73.0 Å². The van der Waals surface area contributed by atoms with Crippen LogP contribution in [0.25, 0.3) is 11.1 Å². The van der Waals surface area contributed by atoms with Crippen molar-refractivity contribution in [2.45, 2.75) is 104 Å². The summed E-state index contributed by atoms with van der Waals surface area (Å²) in [5.41, 5.74) is 2.72. The van der Waals surface area contributed by atoms with E-state index >= 15 is 0 Å². The first-order chi connectivity index (χ1) is 18.2. The second-order valence-corrected chi connectivity index (χ2v) is 11.1. The molecule has 4 rings (SSSR count). The summed E-state index contributed by atoms with van der Waals surface area (Å²) in [6.07, 6.45) is 8.10. The van der Waals surface area contributed by atoms with Crippen LogP contribution >= 0.6 is 0 Å². The van der Waals surface area contributed by atoms with Crippen LogP contribution in [0, 0.1) is 6.92 Å². The number of unbranched alkanes of at least 4 members (excludes halogenated alkanes) is 1. The molecule has 38 heavy (non-hydrogen) atoms. The zero-order chi connectivity index (χ0) is 27.3. The topological polar surface area (TPSA) is 68.2 Å². The van der Waals surface area contributed by atoms with Crippen LogP contribution in [0.4, 0.5) is 0 Å². The minimum atomic E-state index is -1.08. The van der Waals surface area contributed by atoms with E-state index in [1.807, 2.05) is 29.2 Å². The van der Waals surface area contributed by atoms with Gasteiger partial charge in [0.1, 0.15) is 17.1 Å². The molecule has 0 aromatic heterocycles. The Kier molecular flexibility index (Phi) is 8.59. The van der Waals surface area contributed by atoms with Crippen molar-refractivity contribution in [3.8, 4) is 16.9 Å². The summed E-state index contributed by atoms with van der Waals surface area (Å²) in [6, 6.07) is 14.2. The summed E-state index contributed by atoms with van der Waals surface area (Å²) in [4.78, 5) is 32.9. The average Bonchev–Trinajstić information content (AvgIpc) is 3.13. The van der Waals surface area contributed by atoms with E-state index in [4.69, 9.17) is 14.5 Å². The van der Waals surface area contributed by atoms with Gasteiger partial charge in [-0.1, -0.05) is 62.9 Å². The van der Waals surface area contributed by atoms with Gasteiger partial charge in [0.15, 0.2) is 5.60 Å². The predicted molar refractivity (Wildman–Crippen MR) is 151 cm³/mol. The second-order valence-electron chi connectivity index (χ2n) is 11.1. The minimum absolute atomic E-state index is 0.194. The van der Waals surface area contributed by atoms with Crippen molar-refractivity contribution in [1.82, 2.24) is 4.90 Å². The molecular weight excluding hydrogens is 476 g/mol. The maximum atomic E-state index is 13.6. The molecule has 0 radical (unpaired) electrons. The largest absolute Gasteiger partial charge is 0.476 e. The smallest absolute Gasteiger partial charge is 0.349 e. The van der Waals surface area contributed by atoms with Crippen molar-refractivity contribution in [2.75, 3.05) is 6.61 Å². The van der Waals surface area contributed by atoms with Crippen molar-refractivity contribution in [1.29, 1.82) is 0 Å². The predicted octanol–water partition coefficient (Wildman–Crippen LogP) is 7.02. The number of benzene rings is 2. The Morgan fingerprint density at radius 2 is 1.84 bits per heavy atom. The molecule has 1 aliphatic carbocycles. The second kappa shape index (κ2) is 11.7. The molecule has 2 aromatic carbocycles. The molecular formula is C32H42N2O4. The SMILES string of the molecule is CCCCC1=NC2(CCCCC2)C(=O)N1Cc1ccc(-c2cccc(OC(C)(C)C(=O)OCC)c2)c(C)c1. The van der Waals surface area contributed by atoms with Crippen LogP contribution in [0.3, 0.4) is 0 Å². The highest BCUT2D eigenvalue weighted by Crippen LogP contribution is 2.39. The summed E-state index contributed by atoms with van der Waals surface area (Å²) in [6.45, 7) is 10.4. The fourth-order valence-electron chi connectivity index (χ4n) is 5.57. The molecule has 1 heterocycles. The van der Waals surface area contributed by atoms with Gasteiger partial charge in [-0.25, -0.2) is 4.79 Å². The first-order valence-corrected chi connectivity index (χ1v) is 14.2. The first kappa shape index (κ1) is 27.9. The highest BCUT2D eigenvalue weighted by atomic mass is 16.6. The molecule has 0 unspecified atom stereocenters. The maximum Gasteiger partial charge on any atom is 0.349 e. The lowest BCUT2D eigenvalue weighted by Crippen LogP contribution is -2.43. The zero-order valence-corrected chi connectivity index (χ0v) is 23.6. The van der Waals surface area contributed by atoms with Gasteiger partial charge in [0.05, 0.1) is 13.2 Å². The summed E-state index contributed by atoms with van der Waals surface area (Å²) in [5, 5.41) is 0. The Labute approximate surface area is 227 Å². The van der Waals surface area contributed by atoms with Crippen molar-refractivity contribution >= 4 is 17.7 Å². The molecule has 1 saturated carbocycles. The zero-order valence-electron chi connectivity index (χ0n) is 23.6. The number of carbonyl (C=O) groups is 2. The highest BCUT2D eigenvalue weighted by Gasteiger charge is 2.48. The fourth-order valence-corrected chi connectivity index (χ4v) is 5.57. The number of amides is 1. The average molecular weight is 519 g/mol. The quantitative estimate of drug-likeness (QED) is 0.317. The van der Waals surface area contributed by atoms with Crippen LogP contribution in [0.2, 0.25) is 0 Å². The third kappa shape index (κ3) is 5.95. The minimum Gasteiger partial charge on any atom is -0.476 e. The standard InChI is InChI=1S/C32H42N2O4/c1-6-8-15-28-33-32(18-10-9-11-19-32)29(35)34(28)22-24-16-17-27(23(3)20-24)25-13-12-14-26(21-25)38-31(4,5)30(36)37-7-2/h12-14,16-17,20-21H,6-11,15,18-19,22H2,1-5H3. The van der Waals surface area contributed by atoms with Crippen LogP contribution in [0.5, 0.6) is 5.75 Å². The number of carbonyl (C=O) groups excluding carboxylic acids is 2. The van der Waals surface area contributed by atoms with Crippen molar-refractivity contribution in [3.05, 3.63) is 53.6 Å². The van der Waals surface area contributed by atoms with E-state index in [1.54, 1.807) is 20.8 Å². The number of esters is 1. The van der Waals surface area contributed by atoms with E-state index in [9.17, 15) is 9.59 Å². The lowest BCUT2D eigenvalue weighted by molar-refractivity contribution is -0.158. The van der Waals surface area contributed by atoms with E-state index < -0.39 is 11.1 Å². The van der Waals surface area contributed by atoms with E-state index in [0.29, 0.717) is 18.9 Å². The van der Waals surface area contributed by atoms with Crippen LogP contribution in [-0.2, 0) is 20.9 Å². The Bertz CT molecular complexity index is 1190. The van der Waals surface area contributed by atoms with E-state index in [-0.39, 0.29) is 11.9 Å². The lowest BCUT2D eigenvalue weighted by Gasteiger charge is -2.29. The molecule has 0 bridgehead atoms. The Morgan fingerprint density at radius 1 is 1.08 bits per heavy atom. The number of hydrogen-bond donors (Lipinski definition) is 0. The normalized spacial score (nSPS) is 17.0. The summed E-state index contributed by atoms with van der Waals surface area (Å²) < 4.78 is 11.2. The van der Waals surface area contributed by atoms with E-state index in [1.165, 1.54) is 6.42 Å². The van der Waals surface area contributed by atoms with Gasteiger partial charge >= 0.3 is 5.97 Å². The fraction of sp³-hybridized carbons (Fsp3) is 0.531. The molecule has 2 aromatic rings. The number of ether oxygens (including phenoxy) is 2. The van der Waals surface area contributed by atoms with Gasteiger partial charge in [-0.05, 0) is 81.3 Å². The maximum absolute atomic E-state index is 13.6. The van der Waals surface area contributed by atoms with Gasteiger partial charge in [-0.3, -0.25) is 14.7 Å². The molecule has 1 fully saturated rings. The molecule has 0 saturated heterocycles. The van der Waals surface area contributed by atoms with Crippen LogP contribution in [-0.4, -0.2) is 40.4 Å². The van der Waals surface area contributed by atoms with Crippen molar-refractivity contribution < 1.29 is 19.1 Å². The molecule has 6 nitrogen and oxygen atoms in total. The van der Waals surface area contributed by atoms with Gasteiger partial charge in [0.2, 0.25) is 0 Å². The molecule has 1 aliphatic heterocycles. The Hall–Kier alpha value is -3.15. The molecule has 1 spiro atoms. The number of rotatable bonds is 10. The summed E-state index contributed by atoms with van der Waals surface area (Å²) >= 11 is 0. The van der Waals surface area contributed by atoms with Gasteiger partial charge in [-0.2, -0.15) is 0 Å². The monoisotopic (exact) mass is 518 g/mol. The molecule has 0 atom stereocenters. The third-order valence-electron chi connectivity index (χ3n) is 7.65. The highest BCUT2D eigenvalue weighted by molar-refractivity contribution is 6.08. The van der Waals surface area contributed by atoms with Crippen LogP contribution < -0.4 is 4.74 Å². The number of nitrogens with zero attached hydrogens (tertiary/aromatic N) is 2. The lowest BCUT2D eigenvalue weighted by atomic mass is 9.82. The first-order valence-electron chi connectivity index (χ1n) is 14.2. The van der Waals surface area contributed by atoms with Gasteiger partial charge in [0, 0.05) is 6.42 Å². The van der Waals surface area contributed by atoms with Crippen LogP contribution in [0.15, 0.2) is 47.5 Å². The van der Waals surface area contributed by atoms with Crippen molar-refractivity contribution in [2.24, 2.45) is 4.99 Å². The van der Waals surface area contributed by atoms with Gasteiger partial charge in [-0.15, -0.1) is 0 Å². The van der Waals surface area contributed by atoms with Gasteiger partial charge < -0.3 is 9.47 Å². The molecule has 0 N–H and O–H groups in total. The molecule has 1 amide bonds. The molecule has 6 heteroatoms. The summed E-state index contributed by atoms with van der Waals surface area (Å²) in [5.74, 6) is 1.38. The Balaban J connectivity index is 1.53. The number of aryl methyl sites for hydroxylation is 1. The van der Waals surface area contributed by atoms with Crippen molar-refractivity contribution in [3.63, 3.8) is 0 Å². The summed E-state index contributed by atoms with van der Waals surface area (Å²) in [7, 11) is 0. The number of amidine groups is 1. The third-order valence-corrected chi connectivity index (χ3v) is 7.65. The van der Waals surface area contributed by atoms with Crippen LogP contribution in [0.1, 0.15) is 90.2 Å². The number of hydrogen-bond acceptors (Lipinski definition) is 5. The number of aliphatic imine (C=N–C) groups is 1. The Morgan fingerprint density at radius 3 is 2.53 bits per heavy atom. The van der Waals surface area contributed by atoms with Gasteiger partial charge in [0.25, 0.3) is 5.91 Å². The van der Waals surface area contributed by atoms with E-state index in [2.05, 4.69) is 32.0 Å².